The molecule has 2 heterocycles. The summed E-state index contributed by atoms with van der Waals surface area (Å²) in [5, 5.41) is 4.05. The lowest BCUT2D eigenvalue weighted by Crippen LogP contribution is -2.47. The Morgan fingerprint density at radius 3 is 2.39 bits per heavy atom. The van der Waals surface area contributed by atoms with Gasteiger partial charge in [0.05, 0.1) is 0 Å². The number of nitrogen functional groups attached to an aromatic ring is 1. The van der Waals surface area contributed by atoms with E-state index in [9.17, 15) is 0 Å². The number of aryl methyl sites for hydroxylation is 1. The van der Waals surface area contributed by atoms with E-state index in [1.165, 1.54) is 5.56 Å². The zero-order valence-corrected chi connectivity index (χ0v) is 16.5. The van der Waals surface area contributed by atoms with Crippen molar-refractivity contribution in [3.05, 3.63) is 65.4 Å². The fourth-order valence-corrected chi connectivity index (χ4v) is 3.55. The van der Waals surface area contributed by atoms with Gasteiger partial charge in [-0.25, -0.2) is 9.97 Å². The fourth-order valence-electron chi connectivity index (χ4n) is 3.36. The van der Waals surface area contributed by atoms with Gasteiger partial charge in [-0.1, -0.05) is 35.4 Å². The van der Waals surface area contributed by atoms with E-state index in [0.29, 0.717) is 11.5 Å². The molecule has 4 rings (SSSR count). The van der Waals surface area contributed by atoms with Gasteiger partial charge in [0.1, 0.15) is 12.0 Å². The highest BCUT2D eigenvalue weighted by atomic mass is 35.5. The first-order valence-electron chi connectivity index (χ1n) is 9.30. The molecule has 1 saturated heterocycles. The van der Waals surface area contributed by atoms with Crippen LogP contribution in [0.1, 0.15) is 5.56 Å². The Kier molecular flexibility index (Phi) is 5.21. The van der Waals surface area contributed by atoms with Crippen LogP contribution in [0.3, 0.4) is 0 Å². The lowest BCUT2D eigenvalue weighted by atomic mass is 10.2. The molecule has 0 atom stereocenters. The molecule has 0 spiro atoms. The van der Waals surface area contributed by atoms with E-state index in [-0.39, 0.29) is 0 Å². The van der Waals surface area contributed by atoms with E-state index < -0.39 is 0 Å². The summed E-state index contributed by atoms with van der Waals surface area (Å²) in [6.07, 6.45) is 1.56. The van der Waals surface area contributed by atoms with Crippen LogP contribution in [-0.2, 0) is 0 Å². The van der Waals surface area contributed by atoms with E-state index in [4.69, 9.17) is 17.3 Å². The second kappa shape index (κ2) is 7.94. The summed E-state index contributed by atoms with van der Waals surface area (Å²) >= 11 is 6.12. The zero-order chi connectivity index (χ0) is 19.5. The lowest BCUT2D eigenvalue weighted by Gasteiger charge is -2.37. The first-order valence-corrected chi connectivity index (χ1v) is 9.67. The first kappa shape index (κ1) is 18.4. The summed E-state index contributed by atoms with van der Waals surface area (Å²) in [5.41, 5.74) is 10.3. The van der Waals surface area contributed by atoms with Gasteiger partial charge in [-0.2, -0.15) is 0 Å². The highest BCUT2D eigenvalue weighted by molar-refractivity contribution is 6.30. The summed E-state index contributed by atoms with van der Waals surface area (Å²) in [6.45, 7) is 5.48. The van der Waals surface area contributed by atoms with Crippen LogP contribution < -0.4 is 20.9 Å². The number of hydrogen-bond donors (Lipinski definition) is 2. The average Bonchev–Trinajstić information content (AvgIpc) is 2.71. The van der Waals surface area contributed by atoms with Crippen molar-refractivity contribution in [3.8, 4) is 0 Å². The van der Waals surface area contributed by atoms with Crippen molar-refractivity contribution >= 4 is 40.3 Å². The van der Waals surface area contributed by atoms with Gasteiger partial charge in [0.2, 0.25) is 0 Å². The van der Waals surface area contributed by atoms with E-state index in [0.717, 1.165) is 48.4 Å². The molecule has 3 N–H and O–H groups in total. The molecule has 3 aromatic rings. The van der Waals surface area contributed by atoms with Crippen molar-refractivity contribution in [2.75, 3.05) is 47.0 Å². The fraction of sp³-hybridized carbons (Fsp3) is 0.238. The summed E-state index contributed by atoms with van der Waals surface area (Å²) in [6, 6.07) is 16.1. The van der Waals surface area contributed by atoms with Gasteiger partial charge in [-0.05, 0) is 37.3 Å². The van der Waals surface area contributed by atoms with Gasteiger partial charge in [-0.3, -0.25) is 0 Å². The van der Waals surface area contributed by atoms with Crippen LogP contribution >= 0.6 is 11.6 Å². The van der Waals surface area contributed by atoms with Gasteiger partial charge >= 0.3 is 0 Å². The smallest absolute Gasteiger partial charge is 0.159 e. The maximum atomic E-state index is 6.40. The number of halogens is 1. The van der Waals surface area contributed by atoms with E-state index in [1.807, 2.05) is 30.3 Å². The van der Waals surface area contributed by atoms with Gasteiger partial charge in [-0.15, -0.1) is 0 Å². The predicted octanol–water partition coefficient (Wildman–Crippen LogP) is 4.09. The van der Waals surface area contributed by atoms with E-state index in [2.05, 4.69) is 50.2 Å². The molecular weight excluding hydrogens is 372 g/mol. The van der Waals surface area contributed by atoms with Crippen molar-refractivity contribution < 1.29 is 0 Å². The molecule has 6 nitrogen and oxygen atoms in total. The van der Waals surface area contributed by atoms with E-state index in [1.54, 1.807) is 6.33 Å². The predicted molar refractivity (Wildman–Crippen MR) is 117 cm³/mol. The Morgan fingerprint density at radius 2 is 1.68 bits per heavy atom. The van der Waals surface area contributed by atoms with Crippen LogP contribution in [0.15, 0.2) is 54.9 Å². The third-order valence-electron chi connectivity index (χ3n) is 4.93. The zero-order valence-electron chi connectivity index (χ0n) is 15.8. The Labute approximate surface area is 170 Å². The Hall–Kier alpha value is -2.99. The summed E-state index contributed by atoms with van der Waals surface area (Å²) in [5.74, 6) is 1.40. The quantitative estimate of drug-likeness (QED) is 0.694. The summed E-state index contributed by atoms with van der Waals surface area (Å²) in [4.78, 5) is 13.3. The van der Waals surface area contributed by atoms with Crippen LogP contribution in [0.4, 0.5) is 28.7 Å². The second-order valence-corrected chi connectivity index (χ2v) is 7.34. The minimum Gasteiger partial charge on any atom is -0.393 e. The van der Waals surface area contributed by atoms with Gasteiger partial charge in [0, 0.05) is 42.6 Å². The molecule has 1 fully saturated rings. The number of nitrogens with one attached hydrogen (secondary N) is 1. The summed E-state index contributed by atoms with van der Waals surface area (Å²) in [7, 11) is 0. The largest absolute Gasteiger partial charge is 0.393 e. The standard InChI is InChI=1S/C21H23ClN6/c1-15-5-7-17(8-6-15)26-20-19(23)21(25-14-24-20)28-11-9-27(10-12-28)18-4-2-3-16(22)13-18/h2-8,13-14H,9-12,23H2,1H3,(H,24,25,26). The van der Waals surface area contributed by atoms with Crippen LogP contribution in [-0.4, -0.2) is 36.1 Å². The number of rotatable bonds is 4. The lowest BCUT2D eigenvalue weighted by molar-refractivity contribution is 0.647. The number of aromatic nitrogens is 2. The Morgan fingerprint density at radius 1 is 0.964 bits per heavy atom. The molecule has 2 aromatic carbocycles. The van der Waals surface area contributed by atoms with Gasteiger partial charge in [0.25, 0.3) is 0 Å². The molecule has 1 aliphatic heterocycles. The molecule has 0 radical (unpaired) electrons. The molecule has 7 heteroatoms. The minimum absolute atomic E-state index is 0.569. The number of hydrogen-bond acceptors (Lipinski definition) is 6. The molecule has 28 heavy (non-hydrogen) atoms. The molecule has 1 aromatic heterocycles. The molecule has 1 aliphatic rings. The molecule has 0 saturated carbocycles. The van der Waals surface area contributed by atoms with Crippen molar-refractivity contribution in [2.24, 2.45) is 0 Å². The number of nitrogens with two attached hydrogens (primary N) is 1. The number of nitrogens with zero attached hydrogens (tertiary/aromatic N) is 4. The van der Waals surface area contributed by atoms with Crippen molar-refractivity contribution in [1.82, 2.24) is 9.97 Å². The maximum Gasteiger partial charge on any atom is 0.159 e. The SMILES string of the molecule is Cc1ccc(Nc2ncnc(N3CCN(c4cccc(Cl)c4)CC3)c2N)cc1. The molecule has 0 aliphatic carbocycles. The Bertz CT molecular complexity index is 951. The van der Waals surface area contributed by atoms with Crippen molar-refractivity contribution in [2.45, 2.75) is 6.92 Å². The third kappa shape index (κ3) is 3.97. The number of anilines is 5. The van der Waals surface area contributed by atoms with Crippen LogP contribution in [0.25, 0.3) is 0 Å². The van der Waals surface area contributed by atoms with Crippen LogP contribution in [0.5, 0.6) is 0 Å². The Balaban J connectivity index is 1.47. The molecule has 144 valence electrons. The normalized spacial score (nSPS) is 14.2. The maximum absolute atomic E-state index is 6.40. The van der Waals surface area contributed by atoms with E-state index >= 15 is 0 Å². The molecule has 0 unspecified atom stereocenters. The number of piperazine rings is 1. The van der Waals surface area contributed by atoms with Gasteiger partial charge in [0.15, 0.2) is 11.6 Å². The van der Waals surface area contributed by atoms with Crippen molar-refractivity contribution in [3.63, 3.8) is 0 Å². The monoisotopic (exact) mass is 394 g/mol. The number of benzene rings is 2. The topological polar surface area (TPSA) is 70.3 Å². The summed E-state index contributed by atoms with van der Waals surface area (Å²) < 4.78 is 0. The van der Waals surface area contributed by atoms with Crippen LogP contribution in [0, 0.1) is 6.92 Å². The highest BCUT2D eigenvalue weighted by Gasteiger charge is 2.21. The minimum atomic E-state index is 0.569. The molecule has 0 bridgehead atoms. The van der Waals surface area contributed by atoms with Gasteiger partial charge < -0.3 is 20.9 Å². The second-order valence-electron chi connectivity index (χ2n) is 6.90. The molecule has 0 amide bonds. The third-order valence-corrected chi connectivity index (χ3v) is 5.16. The van der Waals surface area contributed by atoms with Crippen LogP contribution in [0.2, 0.25) is 5.02 Å². The average molecular weight is 395 g/mol. The van der Waals surface area contributed by atoms with Crippen molar-refractivity contribution in [1.29, 1.82) is 0 Å². The highest BCUT2D eigenvalue weighted by Crippen LogP contribution is 2.30. The first-order chi connectivity index (χ1) is 13.6. The molecular formula is C21H23ClN6.